The number of benzene rings is 2. The van der Waals surface area contributed by atoms with Crippen molar-refractivity contribution in [2.24, 2.45) is 11.7 Å². The average Bonchev–Trinajstić information content (AvgIpc) is 4.25. The number of imide groups is 1. The minimum absolute atomic E-state index is 0.0178. The molecule has 2 aromatic heterocycles. The number of nitrogens with two attached hydrogens (primary N) is 1. The third kappa shape index (κ3) is 15.4. The fraction of sp³-hybridized carbons (Fsp3) is 0.490. The smallest absolute Gasteiger partial charge is 0.249 e. The summed E-state index contributed by atoms with van der Waals surface area (Å²) < 4.78 is 0. The third-order valence-electron chi connectivity index (χ3n) is 13.2. The van der Waals surface area contributed by atoms with E-state index < -0.39 is 95.6 Å². The molecule has 2 saturated heterocycles. The molecule has 0 radical (unpaired) electrons. The highest BCUT2D eigenvalue weighted by Crippen LogP contribution is 2.21. The van der Waals surface area contributed by atoms with Crippen LogP contribution in [0.25, 0.3) is 0 Å². The first-order valence-electron chi connectivity index (χ1n) is 24.9. The number of rotatable bonds is 25. The van der Waals surface area contributed by atoms with Crippen LogP contribution in [0.3, 0.4) is 0 Å². The van der Waals surface area contributed by atoms with Crippen LogP contribution in [0.15, 0.2) is 85.7 Å². The molecule has 0 bridgehead atoms. The molecule has 4 heterocycles. The van der Waals surface area contributed by atoms with Crippen molar-refractivity contribution < 1.29 is 38.4 Å². The molecule has 72 heavy (non-hydrogen) atoms. The highest BCUT2D eigenvalue weighted by molar-refractivity contribution is 6.02. The van der Waals surface area contributed by atoms with Gasteiger partial charge in [0.05, 0.1) is 24.7 Å². The average molecular weight is 992 g/mol. The van der Waals surface area contributed by atoms with Gasteiger partial charge in [-0.25, -0.2) is 9.97 Å². The van der Waals surface area contributed by atoms with Crippen LogP contribution in [0.2, 0.25) is 0 Å². The fourth-order valence-corrected chi connectivity index (χ4v) is 8.96. The number of aromatic amines is 2. The van der Waals surface area contributed by atoms with E-state index in [-0.39, 0.29) is 44.6 Å². The Bertz CT molecular complexity index is 2420. The van der Waals surface area contributed by atoms with Gasteiger partial charge in [-0.05, 0) is 62.1 Å². The van der Waals surface area contributed by atoms with Crippen molar-refractivity contribution in [3.05, 3.63) is 108 Å². The zero-order valence-corrected chi connectivity index (χ0v) is 41.2. The summed E-state index contributed by atoms with van der Waals surface area (Å²) in [7, 11) is 0. The zero-order valence-electron chi connectivity index (χ0n) is 41.2. The summed E-state index contributed by atoms with van der Waals surface area (Å²) in [6.07, 6.45) is 9.52. The molecule has 2 aliphatic heterocycles. The van der Waals surface area contributed by atoms with Gasteiger partial charge in [-0.1, -0.05) is 94.3 Å². The highest BCUT2D eigenvalue weighted by atomic mass is 16.2. The molecule has 4 aromatic rings. The molecular weight excluding hydrogens is 923 g/mol. The van der Waals surface area contributed by atoms with Gasteiger partial charge in [0.1, 0.15) is 36.3 Å². The highest BCUT2D eigenvalue weighted by Gasteiger charge is 2.41. The molecule has 0 aliphatic carbocycles. The number of imidazole rings is 2. The van der Waals surface area contributed by atoms with Crippen molar-refractivity contribution in [1.29, 1.82) is 0 Å². The Balaban J connectivity index is 1.17. The molecule has 21 heteroatoms. The first kappa shape index (κ1) is 54.1. The lowest BCUT2D eigenvalue weighted by atomic mass is 9.97. The summed E-state index contributed by atoms with van der Waals surface area (Å²) in [6, 6.07) is 9.79. The molecular formula is C51H69N13O8. The summed E-state index contributed by atoms with van der Waals surface area (Å²) in [5, 5.41) is 19.7. The summed E-state index contributed by atoms with van der Waals surface area (Å²) in [6.45, 7) is 6.34. The molecule has 2 fully saturated rings. The molecule has 2 aromatic carbocycles. The Morgan fingerprint density at radius 1 is 0.653 bits per heavy atom. The van der Waals surface area contributed by atoms with Crippen LogP contribution in [-0.4, -0.2) is 134 Å². The van der Waals surface area contributed by atoms with Gasteiger partial charge in [-0.2, -0.15) is 0 Å². The van der Waals surface area contributed by atoms with E-state index in [0.29, 0.717) is 55.6 Å². The molecule has 21 nitrogen and oxygen atoms in total. The van der Waals surface area contributed by atoms with Crippen LogP contribution >= 0.6 is 0 Å². The molecule has 0 spiro atoms. The van der Waals surface area contributed by atoms with Crippen molar-refractivity contribution >= 4 is 47.3 Å². The number of likely N-dealkylation sites (tertiary alicyclic amines) is 1. The molecule has 0 unspecified atom stereocenters. The maximum atomic E-state index is 14.6. The number of hydrogen-bond donors (Lipinski definition) is 10. The monoisotopic (exact) mass is 992 g/mol. The van der Waals surface area contributed by atoms with Gasteiger partial charge in [-0.15, -0.1) is 0 Å². The SMILES string of the molecule is CCC[C@H](NC(=O)[C@H](Cc1cnc[nH]1)NC(=O)[C@H](Cc1ccccc1)NC(=O)[C@@H]1CCCN1C(=O)[C@H](Cc1cnc[nH]1)NC(=O)[C@@H]1CCCN1)C(=O)N[C@H](C(=O)NC(=O)[C@@H](N)Cc1ccccc1)[C@@H](C)CC. The molecule has 6 rings (SSSR count). The van der Waals surface area contributed by atoms with Gasteiger partial charge < -0.3 is 52.5 Å². The third-order valence-corrected chi connectivity index (χ3v) is 13.2. The second-order valence-corrected chi connectivity index (χ2v) is 18.6. The van der Waals surface area contributed by atoms with Crippen molar-refractivity contribution in [1.82, 2.24) is 62.1 Å². The lowest BCUT2D eigenvalue weighted by Gasteiger charge is -2.30. The summed E-state index contributed by atoms with van der Waals surface area (Å²) in [5.74, 6) is -5.34. The van der Waals surface area contributed by atoms with Crippen molar-refractivity contribution in [3.8, 4) is 0 Å². The maximum absolute atomic E-state index is 14.6. The van der Waals surface area contributed by atoms with Gasteiger partial charge in [0.25, 0.3) is 0 Å². The predicted octanol–water partition coefficient (Wildman–Crippen LogP) is 0.387. The van der Waals surface area contributed by atoms with Crippen molar-refractivity contribution in [2.45, 2.75) is 140 Å². The minimum atomic E-state index is -1.30. The first-order valence-corrected chi connectivity index (χ1v) is 24.9. The lowest BCUT2D eigenvalue weighted by molar-refractivity contribution is -0.142. The van der Waals surface area contributed by atoms with E-state index in [1.165, 1.54) is 23.8 Å². The normalized spacial score (nSPS) is 18.3. The van der Waals surface area contributed by atoms with Crippen LogP contribution in [0.4, 0.5) is 0 Å². The van der Waals surface area contributed by atoms with Crippen LogP contribution in [0, 0.1) is 5.92 Å². The molecule has 9 atom stereocenters. The summed E-state index contributed by atoms with van der Waals surface area (Å²) in [4.78, 5) is 127. The molecule has 8 amide bonds. The number of nitrogens with one attached hydrogen (secondary N) is 9. The molecule has 386 valence electrons. The van der Waals surface area contributed by atoms with Crippen LogP contribution in [0.5, 0.6) is 0 Å². The van der Waals surface area contributed by atoms with Crippen molar-refractivity contribution in [2.75, 3.05) is 13.1 Å². The Kier molecular flexibility index (Phi) is 20.1. The number of aromatic nitrogens is 4. The number of carbonyl (C=O) groups excluding carboxylic acids is 8. The Morgan fingerprint density at radius 3 is 1.79 bits per heavy atom. The van der Waals surface area contributed by atoms with E-state index in [1.54, 1.807) is 37.4 Å². The van der Waals surface area contributed by atoms with E-state index in [0.717, 1.165) is 12.0 Å². The summed E-state index contributed by atoms with van der Waals surface area (Å²) in [5.41, 5.74) is 8.78. The number of nitrogens with zero attached hydrogens (tertiary/aromatic N) is 3. The van der Waals surface area contributed by atoms with Gasteiger partial charge in [0.2, 0.25) is 47.3 Å². The molecule has 0 saturated carbocycles. The summed E-state index contributed by atoms with van der Waals surface area (Å²) >= 11 is 0. The van der Waals surface area contributed by atoms with Crippen LogP contribution in [0.1, 0.15) is 88.2 Å². The second-order valence-electron chi connectivity index (χ2n) is 18.6. The number of H-pyrrole nitrogens is 2. The number of amides is 8. The maximum Gasteiger partial charge on any atom is 0.249 e. The number of hydrogen-bond acceptors (Lipinski definition) is 12. The quantitative estimate of drug-likeness (QED) is 0.0432. The molecule has 11 N–H and O–H groups in total. The van der Waals surface area contributed by atoms with E-state index in [1.807, 2.05) is 50.2 Å². The second kappa shape index (κ2) is 26.8. The van der Waals surface area contributed by atoms with E-state index in [9.17, 15) is 38.4 Å². The van der Waals surface area contributed by atoms with Gasteiger partial charge in [0, 0.05) is 49.6 Å². The molecule has 2 aliphatic rings. The zero-order chi connectivity index (χ0) is 51.6. The Morgan fingerprint density at radius 2 is 1.22 bits per heavy atom. The van der Waals surface area contributed by atoms with Crippen LogP contribution < -0.4 is 43.0 Å². The largest absolute Gasteiger partial charge is 0.348 e. The van der Waals surface area contributed by atoms with E-state index in [4.69, 9.17) is 5.73 Å². The van der Waals surface area contributed by atoms with E-state index in [2.05, 4.69) is 57.2 Å². The topological polar surface area (TPSA) is 307 Å². The first-order chi connectivity index (χ1) is 34.7. The number of carbonyl (C=O) groups is 8. The predicted molar refractivity (Wildman–Crippen MR) is 266 cm³/mol. The van der Waals surface area contributed by atoms with Gasteiger partial charge >= 0.3 is 0 Å². The van der Waals surface area contributed by atoms with Crippen molar-refractivity contribution in [3.63, 3.8) is 0 Å². The fourth-order valence-electron chi connectivity index (χ4n) is 8.96. The minimum Gasteiger partial charge on any atom is -0.348 e. The standard InChI is InChI=1S/C51H69N13O8/c1-4-14-38(46(67)62-43(31(3)5-2)50(71)63-44(65)36(52)23-32-15-8-6-9-16-32)58-48(69)40(25-34-27-53-29-56-34)59-47(68)39(24-33-17-10-7-11-18-33)60-49(70)42-20-13-22-64(42)51(72)41(26-35-28-54-30-57-35)61-45(66)37-19-12-21-55-37/h6-11,15-18,27-31,36-43,55H,4-5,12-14,19-26,52H2,1-3H3,(H,53,56)(H,54,57)(H,58,69)(H,59,68)(H,60,70)(H,61,66)(H,62,67)(H,63,65,71)/t31-,36-,37-,38-,39-,40-,41-,42-,43-/m0/s1. The van der Waals surface area contributed by atoms with E-state index >= 15 is 0 Å². The Hall–Kier alpha value is -7.26. The lowest BCUT2D eigenvalue weighted by Crippen LogP contribution is -2.61. The van der Waals surface area contributed by atoms with Gasteiger partial charge in [-0.3, -0.25) is 43.7 Å². The van der Waals surface area contributed by atoms with Crippen LogP contribution in [-0.2, 0) is 64.0 Å². The Labute approximate surface area is 419 Å². The van der Waals surface area contributed by atoms with Gasteiger partial charge in [0.15, 0.2) is 0 Å².